The second kappa shape index (κ2) is 4.57. The lowest BCUT2D eigenvalue weighted by Gasteiger charge is -1.91. The topological polar surface area (TPSA) is 109 Å². The molecule has 9 heteroatoms. The first-order valence-electron chi connectivity index (χ1n) is 6.00. The average molecular weight is 318 g/mol. The van der Waals surface area contributed by atoms with Crippen LogP contribution in [0.5, 0.6) is 0 Å². The van der Waals surface area contributed by atoms with Gasteiger partial charge < -0.3 is 0 Å². The van der Waals surface area contributed by atoms with Crippen LogP contribution in [0.3, 0.4) is 0 Å². The van der Waals surface area contributed by atoms with Gasteiger partial charge in [0.1, 0.15) is 0 Å². The van der Waals surface area contributed by atoms with Crippen LogP contribution in [0, 0.1) is 0 Å². The van der Waals surface area contributed by atoms with Crippen LogP contribution in [0.4, 0.5) is 0 Å². The quantitative estimate of drug-likeness (QED) is 0.481. The van der Waals surface area contributed by atoms with Gasteiger partial charge in [0.05, 0.1) is 10.2 Å². The minimum Gasteiger partial charge on any atom is -0.283 e. The van der Waals surface area contributed by atoms with E-state index in [1.807, 2.05) is 24.3 Å². The maximum atomic E-state index is 11.9. The molecular formula is C12H8N5O2S2+. The van der Waals surface area contributed by atoms with Crippen molar-refractivity contribution < 1.29 is 4.98 Å². The Kier molecular flexibility index (Phi) is 2.69. The predicted octanol–water partition coefficient (Wildman–Crippen LogP) is 1.12. The fourth-order valence-electron chi connectivity index (χ4n) is 1.99. The summed E-state index contributed by atoms with van der Waals surface area (Å²) < 4.78 is 1.89. The van der Waals surface area contributed by atoms with Crippen LogP contribution in [0.2, 0.25) is 0 Å². The normalized spacial score (nSPS) is 11.4. The van der Waals surface area contributed by atoms with E-state index in [9.17, 15) is 9.59 Å². The van der Waals surface area contributed by atoms with E-state index in [2.05, 4.69) is 24.9 Å². The Morgan fingerprint density at radius 3 is 2.86 bits per heavy atom. The molecule has 0 atom stereocenters. The standard InChI is InChI=1S/C12H7N5O2S2/c18-9-7-8(15-10(19)14-7)16-11(17-9)21-12-13-5-3-1-2-4-6(5)20-12/h1-4H,(H3,14,15,16,17,18,19)/p+1. The lowest BCUT2D eigenvalue weighted by Crippen LogP contribution is -2.19. The molecule has 0 aliphatic rings. The molecule has 4 N–H and O–H groups in total. The van der Waals surface area contributed by atoms with Crippen molar-refractivity contribution in [2.75, 3.05) is 0 Å². The Morgan fingerprint density at radius 2 is 2.00 bits per heavy atom. The van der Waals surface area contributed by atoms with Crippen molar-refractivity contribution in [3.8, 4) is 0 Å². The Balaban J connectivity index is 1.79. The van der Waals surface area contributed by atoms with Crippen LogP contribution in [0.25, 0.3) is 21.4 Å². The van der Waals surface area contributed by atoms with E-state index in [1.165, 1.54) is 23.1 Å². The van der Waals surface area contributed by atoms with Crippen molar-refractivity contribution in [1.29, 1.82) is 0 Å². The highest BCUT2D eigenvalue weighted by molar-refractivity contribution is 8.00. The van der Waals surface area contributed by atoms with Crippen LogP contribution in [0.1, 0.15) is 0 Å². The molecule has 0 bridgehead atoms. The van der Waals surface area contributed by atoms with Crippen LogP contribution < -0.4 is 16.2 Å². The summed E-state index contributed by atoms with van der Waals surface area (Å²) in [6, 6.07) is 7.83. The highest BCUT2D eigenvalue weighted by Gasteiger charge is 2.15. The third kappa shape index (κ3) is 2.16. The van der Waals surface area contributed by atoms with Crippen LogP contribution >= 0.6 is 23.1 Å². The number of benzene rings is 1. The molecule has 0 unspecified atom stereocenters. The van der Waals surface area contributed by atoms with Gasteiger partial charge in [-0.1, -0.05) is 12.1 Å². The Labute approximate surface area is 124 Å². The van der Waals surface area contributed by atoms with Crippen LogP contribution in [0.15, 0.2) is 43.4 Å². The first-order valence-corrected chi connectivity index (χ1v) is 7.63. The SMILES string of the molecule is O=c1[nH]c2[nH+]c(Sc3nc4ccccc4s3)[nH]c(=O)c2[nH]1. The zero-order valence-corrected chi connectivity index (χ0v) is 12.0. The number of imidazole rings is 1. The van der Waals surface area contributed by atoms with Gasteiger partial charge >= 0.3 is 11.2 Å². The van der Waals surface area contributed by atoms with Gasteiger partial charge in [0.2, 0.25) is 0 Å². The van der Waals surface area contributed by atoms with Gasteiger partial charge in [0, 0.05) is 11.8 Å². The van der Waals surface area contributed by atoms with Crippen molar-refractivity contribution in [1.82, 2.24) is 19.9 Å². The van der Waals surface area contributed by atoms with Gasteiger partial charge in [0.25, 0.3) is 10.8 Å². The monoisotopic (exact) mass is 318 g/mol. The van der Waals surface area contributed by atoms with Gasteiger partial charge in [-0.25, -0.2) is 29.5 Å². The van der Waals surface area contributed by atoms with Crippen molar-refractivity contribution in [3.63, 3.8) is 0 Å². The van der Waals surface area contributed by atoms with Crippen molar-refractivity contribution in [2.24, 2.45) is 0 Å². The number of hydrogen-bond acceptors (Lipinski definition) is 5. The Morgan fingerprint density at radius 1 is 1.14 bits per heavy atom. The predicted molar refractivity (Wildman–Crippen MR) is 79.8 cm³/mol. The van der Waals surface area contributed by atoms with Gasteiger partial charge in [-0.3, -0.25) is 4.98 Å². The summed E-state index contributed by atoms with van der Waals surface area (Å²) in [7, 11) is 0. The minimum absolute atomic E-state index is 0.202. The summed E-state index contributed by atoms with van der Waals surface area (Å²) in [4.78, 5) is 38.2. The lowest BCUT2D eigenvalue weighted by atomic mass is 10.3. The molecule has 0 radical (unpaired) electrons. The highest BCUT2D eigenvalue weighted by Crippen LogP contribution is 2.31. The number of para-hydroxylation sites is 1. The maximum Gasteiger partial charge on any atom is 0.382 e. The van der Waals surface area contributed by atoms with Crippen molar-refractivity contribution in [2.45, 2.75) is 9.50 Å². The van der Waals surface area contributed by atoms with E-state index in [0.717, 1.165) is 14.6 Å². The van der Waals surface area contributed by atoms with Crippen LogP contribution in [-0.4, -0.2) is 19.9 Å². The summed E-state index contributed by atoms with van der Waals surface area (Å²) in [6.07, 6.45) is 0. The summed E-state index contributed by atoms with van der Waals surface area (Å²) in [5.41, 5.74) is 0.712. The molecule has 104 valence electrons. The number of rotatable bonds is 2. The Bertz CT molecular complexity index is 1040. The smallest absolute Gasteiger partial charge is 0.283 e. The van der Waals surface area contributed by atoms with Crippen molar-refractivity contribution >= 4 is 44.5 Å². The zero-order valence-electron chi connectivity index (χ0n) is 10.4. The third-order valence-electron chi connectivity index (χ3n) is 2.88. The first-order chi connectivity index (χ1) is 10.2. The molecule has 0 saturated heterocycles. The second-order valence-electron chi connectivity index (χ2n) is 4.29. The molecule has 0 fully saturated rings. The molecule has 4 aromatic rings. The fourth-order valence-corrected chi connectivity index (χ4v) is 3.99. The molecule has 4 rings (SSSR count). The highest BCUT2D eigenvalue weighted by atomic mass is 32.2. The lowest BCUT2D eigenvalue weighted by molar-refractivity contribution is -0.405. The van der Waals surface area contributed by atoms with E-state index in [1.54, 1.807) is 0 Å². The number of nitrogens with one attached hydrogen (secondary N) is 4. The summed E-state index contributed by atoms with van der Waals surface area (Å²) in [5, 5.41) is 0.516. The molecule has 0 amide bonds. The molecule has 0 saturated carbocycles. The van der Waals surface area contributed by atoms with E-state index in [4.69, 9.17) is 0 Å². The number of aromatic amines is 4. The largest absolute Gasteiger partial charge is 0.382 e. The van der Waals surface area contributed by atoms with Gasteiger partial charge in [-0.2, -0.15) is 0 Å². The number of nitrogens with zero attached hydrogens (tertiary/aromatic N) is 1. The van der Waals surface area contributed by atoms with E-state index in [0.29, 0.717) is 10.8 Å². The average Bonchev–Trinajstić information content (AvgIpc) is 3.01. The number of thiazole rings is 1. The fraction of sp³-hybridized carbons (Fsp3) is 0. The molecule has 0 spiro atoms. The summed E-state index contributed by atoms with van der Waals surface area (Å²) in [5.74, 6) is 0. The molecule has 3 heterocycles. The molecule has 21 heavy (non-hydrogen) atoms. The molecule has 0 aliphatic heterocycles. The number of fused-ring (bicyclic) bond motifs is 2. The van der Waals surface area contributed by atoms with E-state index in [-0.39, 0.29) is 11.1 Å². The summed E-state index contributed by atoms with van der Waals surface area (Å²) >= 11 is 2.85. The zero-order chi connectivity index (χ0) is 14.4. The maximum absolute atomic E-state index is 11.9. The van der Waals surface area contributed by atoms with Gasteiger partial charge in [-0.05, 0) is 12.1 Å². The first kappa shape index (κ1) is 12.4. The summed E-state index contributed by atoms with van der Waals surface area (Å²) in [6.45, 7) is 0. The molecule has 7 nitrogen and oxygen atoms in total. The van der Waals surface area contributed by atoms with E-state index >= 15 is 0 Å². The molecule has 3 aromatic heterocycles. The number of H-pyrrole nitrogens is 4. The minimum atomic E-state index is -0.422. The number of hydrogen-bond donors (Lipinski definition) is 3. The third-order valence-corrected chi connectivity index (χ3v) is 4.89. The van der Waals surface area contributed by atoms with Gasteiger partial charge in [0.15, 0.2) is 9.86 Å². The van der Waals surface area contributed by atoms with Gasteiger partial charge in [-0.15, -0.1) is 11.3 Å². The van der Waals surface area contributed by atoms with Crippen LogP contribution in [-0.2, 0) is 0 Å². The molecule has 0 aliphatic carbocycles. The van der Waals surface area contributed by atoms with Crippen molar-refractivity contribution in [3.05, 3.63) is 45.1 Å². The number of aromatic nitrogens is 5. The molecule has 1 aromatic carbocycles. The molecular weight excluding hydrogens is 310 g/mol. The van der Waals surface area contributed by atoms with E-state index < -0.39 is 5.69 Å². The Hall–Kier alpha value is -2.39. The second-order valence-corrected chi connectivity index (χ2v) is 6.58.